The number of rotatable bonds is 6. The van der Waals surface area contributed by atoms with Gasteiger partial charge in [-0.1, -0.05) is 78.4 Å². The Labute approximate surface area is 202 Å². The highest BCUT2D eigenvalue weighted by molar-refractivity contribution is 6.34. The number of aryl methyl sites for hydroxylation is 1. The molecule has 3 aromatic rings. The number of hydrogen-bond acceptors (Lipinski definition) is 5. The Kier molecular flexibility index (Phi) is 5.47. The van der Waals surface area contributed by atoms with E-state index in [4.69, 9.17) is 4.74 Å². The van der Waals surface area contributed by atoms with E-state index < -0.39 is 35.4 Å². The molecule has 176 valence electrons. The molecule has 5 rings (SSSR count). The molecule has 0 N–H and O–H groups in total. The third kappa shape index (κ3) is 3.19. The van der Waals surface area contributed by atoms with E-state index in [9.17, 15) is 19.2 Å². The number of imide groups is 1. The van der Waals surface area contributed by atoms with Crippen LogP contribution in [0, 0.1) is 6.92 Å². The highest BCUT2D eigenvalue weighted by Gasteiger charge is 2.79. The minimum absolute atomic E-state index is 0.0271. The number of carbonyl (C=O) groups excluding carboxylic acids is 4. The molecule has 0 radical (unpaired) electrons. The van der Waals surface area contributed by atoms with Crippen LogP contribution in [-0.4, -0.2) is 46.8 Å². The predicted octanol–water partition coefficient (Wildman–Crippen LogP) is 4.11. The molecule has 0 aliphatic carbocycles. The lowest BCUT2D eigenvalue weighted by Crippen LogP contribution is -2.77. The lowest BCUT2D eigenvalue weighted by atomic mass is 9.63. The Hall–Kier alpha value is -4.26. The van der Waals surface area contributed by atoms with Crippen LogP contribution in [0.3, 0.4) is 0 Å². The normalized spacial score (nSPS) is 23.0. The fourth-order valence-electron chi connectivity index (χ4n) is 5.14. The first-order chi connectivity index (χ1) is 16.9. The summed E-state index contributed by atoms with van der Waals surface area (Å²) in [6.45, 7) is 3.58. The molecule has 2 aliphatic heterocycles. The van der Waals surface area contributed by atoms with E-state index in [2.05, 4.69) is 0 Å². The van der Waals surface area contributed by atoms with Gasteiger partial charge in [-0.2, -0.15) is 0 Å². The third-order valence-corrected chi connectivity index (χ3v) is 6.71. The number of para-hydroxylation sites is 1. The van der Waals surface area contributed by atoms with Crippen LogP contribution in [0.4, 0.5) is 10.5 Å². The number of esters is 1. The summed E-state index contributed by atoms with van der Waals surface area (Å²) in [6, 6.07) is 22.6. The fraction of sp³-hybridized carbons (Fsp3) is 0.214. The minimum atomic E-state index is -1.96. The molecule has 7 heteroatoms. The molecule has 7 nitrogen and oxygen atoms in total. The van der Waals surface area contributed by atoms with Gasteiger partial charge in [-0.3, -0.25) is 14.5 Å². The van der Waals surface area contributed by atoms with Gasteiger partial charge in [-0.25, -0.2) is 14.5 Å². The molecule has 2 aliphatic rings. The van der Waals surface area contributed by atoms with Crippen LogP contribution in [0.15, 0.2) is 84.9 Å². The predicted molar refractivity (Wildman–Crippen MR) is 129 cm³/mol. The van der Waals surface area contributed by atoms with Crippen molar-refractivity contribution in [2.75, 3.05) is 11.5 Å². The summed E-state index contributed by atoms with van der Waals surface area (Å²) in [6.07, 6.45) is 0. The summed E-state index contributed by atoms with van der Waals surface area (Å²) in [7, 11) is 0. The minimum Gasteiger partial charge on any atom is -0.464 e. The van der Waals surface area contributed by atoms with Crippen LogP contribution in [0.1, 0.15) is 34.3 Å². The largest absolute Gasteiger partial charge is 0.464 e. The maximum absolute atomic E-state index is 14.0. The van der Waals surface area contributed by atoms with E-state index in [1.54, 1.807) is 73.7 Å². The number of amides is 3. The highest BCUT2D eigenvalue weighted by atomic mass is 16.5. The van der Waals surface area contributed by atoms with Gasteiger partial charge in [-0.15, -0.1) is 0 Å². The van der Waals surface area contributed by atoms with Crippen molar-refractivity contribution in [2.45, 2.75) is 31.3 Å². The summed E-state index contributed by atoms with van der Waals surface area (Å²) in [4.78, 5) is 57.2. The average molecular weight is 469 g/mol. The van der Waals surface area contributed by atoms with Crippen molar-refractivity contribution in [1.82, 2.24) is 4.90 Å². The van der Waals surface area contributed by atoms with Crippen LogP contribution in [0.2, 0.25) is 0 Å². The average Bonchev–Trinajstić information content (AvgIpc) is 3.04. The lowest BCUT2D eigenvalue weighted by Gasteiger charge is -2.55. The second-order valence-corrected chi connectivity index (χ2v) is 8.68. The molecular formula is C28H24N2O5. The molecule has 0 aromatic heterocycles. The van der Waals surface area contributed by atoms with Crippen LogP contribution in [0.5, 0.6) is 0 Å². The number of ketones is 1. The van der Waals surface area contributed by atoms with Crippen molar-refractivity contribution in [3.05, 3.63) is 102 Å². The van der Waals surface area contributed by atoms with Crippen LogP contribution in [-0.2, 0) is 14.3 Å². The zero-order valence-corrected chi connectivity index (χ0v) is 19.4. The van der Waals surface area contributed by atoms with Gasteiger partial charge in [0.05, 0.1) is 18.2 Å². The van der Waals surface area contributed by atoms with E-state index >= 15 is 0 Å². The maximum atomic E-state index is 14.0. The number of benzene rings is 3. The summed E-state index contributed by atoms with van der Waals surface area (Å²) < 4.78 is 5.36. The quantitative estimate of drug-likeness (QED) is 0.235. The highest BCUT2D eigenvalue weighted by Crippen LogP contribution is 2.56. The van der Waals surface area contributed by atoms with Gasteiger partial charge in [0.2, 0.25) is 5.54 Å². The molecule has 2 saturated heterocycles. The Balaban J connectivity index is 1.70. The molecule has 3 atom stereocenters. The van der Waals surface area contributed by atoms with E-state index in [1.807, 2.05) is 25.1 Å². The Morgan fingerprint density at radius 2 is 1.49 bits per heavy atom. The summed E-state index contributed by atoms with van der Waals surface area (Å²) >= 11 is 0. The summed E-state index contributed by atoms with van der Waals surface area (Å²) in [5.41, 5.74) is 0.359. The van der Waals surface area contributed by atoms with E-state index in [0.717, 1.165) is 15.4 Å². The monoisotopic (exact) mass is 468 g/mol. The topological polar surface area (TPSA) is 84.0 Å². The van der Waals surface area contributed by atoms with Gasteiger partial charge in [0.25, 0.3) is 5.91 Å². The number of nitrogens with zero attached hydrogens (tertiary/aromatic N) is 2. The smallest absolute Gasteiger partial charge is 0.342 e. The molecule has 0 unspecified atom stereocenters. The molecular weight excluding hydrogens is 444 g/mol. The van der Waals surface area contributed by atoms with Crippen molar-refractivity contribution in [1.29, 1.82) is 0 Å². The molecule has 0 saturated carbocycles. The molecule has 35 heavy (non-hydrogen) atoms. The number of ether oxygens (including phenoxy) is 1. The zero-order valence-electron chi connectivity index (χ0n) is 19.4. The Morgan fingerprint density at radius 3 is 2.09 bits per heavy atom. The summed E-state index contributed by atoms with van der Waals surface area (Å²) in [5.74, 6) is -2.79. The van der Waals surface area contributed by atoms with Crippen molar-refractivity contribution in [2.24, 2.45) is 0 Å². The van der Waals surface area contributed by atoms with Gasteiger partial charge >= 0.3 is 12.0 Å². The van der Waals surface area contributed by atoms with Crippen molar-refractivity contribution < 1.29 is 23.9 Å². The van der Waals surface area contributed by atoms with E-state index in [0.29, 0.717) is 16.8 Å². The van der Waals surface area contributed by atoms with Gasteiger partial charge in [0.15, 0.2) is 5.78 Å². The van der Waals surface area contributed by atoms with Gasteiger partial charge < -0.3 is 4.74 Å². The number of carbonyl (C=O) groups is 4. The third-order valence-electron chi connectivity index (χ3n) is 6.71. The standard InChI is InChI=1S/C28H24N2O5/c1-3-35-26(33)28-22(19-10-6-4-7-11-19)23(24(31)20-16-14-18(2)15-17-20)30(28)27(34)29(25(28)32)21-12-8-5-9-13-21/h4-17,22-23H,3H2,1-2H3/t22-,23+,28+/m1/s1. The van der Waals surface area contributed by atoms with Crippen molar-refractivity contribution >= 4 is 29.4 Å². The number of anilines is 1. The number of hydrogen-bond donors (Lipinski definition) is 0. The molecule has 0 spiro atoms. The molecule has 3 aromatic carbocycles. The first-order valence-electron chi connectivity index (χ1n) is 11.5. The number of urea groups is 1. The second kappa shape index (κ2) is 8.51. The van der Waals surface area contributed by atoms with Gasteiger partial charge in [0.1, 0.15) is 6.04 Å². The van der Waals surface area contributed by atoms with Gasteiger partial charge in [0, 0.05) is 5.56 Å². The first kappa shape index (κ1) is 22.5. The molecule has 2 heterocycles. The Bertz CT molecular complexity index is 1310. The van der Waals surface area contributed by atoms with Crippen molar-refractivity contribution in [3.63, 3.8) is 0 Å². The second-order valence-electron chi connectivity index (χ2n) is 8.68. The number of Topliss-reactive ketones (excluding diaryl/α,β-unsaturated/α-hetero) is 1. The SMILES string of the molecule is CCOC(=O)[C@]12C(=O)N(c3ccccc3)C(=O)N1[C@H](C(=O)c1ccc(C)cc1)[C@H]2c1ccccc1. The van der Waals surface area contributed by atoms with E-state index in [1.165, 1.54) is 0 Å². The van der Waals surface area contributed by atoms with Crippen LogP contribution >= 0.6 is 0 Å². The van der Waals surface area contributed by atoms with Crippen molar-refractivity contribution in [3.8, 4) is 0 Å². The molecule has 3 amide bonds. The van der Waals surface area contributed by atoms with Crippen LogP contribution < -0.4 is 4.90 Å². The lowest BCUT2D eigenvalue weighted by molar-refractivity contribution is -0.171. The van der Waals surface area contributed by atoms with E-state index in [-0.39, 0.29) is 12.4 Å². The zero-order chi connectivity index (χ0) is 24.7. The Morgan fingerprint density at radius 1 is 0.886 bits per heavy atom. The summed E-state index contributed by atoms with van der Waals surface area (Å²) in [5, 5.41) is 0. The fourth-order valence-corrected chi connectivity index (χ4v) is 5.14. The van der Waals surface area contributed by atoms with Gasteiger partial charge in [-0.05, 0) is 31.5 Å². The molecule has 2 fully saturated rings. The molecule has 0 bridgehead atoms. The maximum Gasteiger partial charge on any atom is 0.342 e. The first-order valence-corrected chi connectivity index (χ1v) is 11.5. The van der Waals surface area contributed by atoms with Crippen LogP contribution in [0.25, 0.3) is 0 Å². The number of fused-ring (bicyclic) bond motifs is 1.